The van der Waals surface area contributed by atoms with Crippen LogP contribution in [0.1, 0.15) is 131 Å². The van der Waals surface area contributed by atoms with Crippen molar-refractivity contribution >= 4 is 5.97 Å². The van der Waals surface area contributed by atoms with E-state index >= 15 is 0 Å². The number of fused-ring (bicyclic) bond motifs is 5. The zero-order chi connectivity index (χ0) is 30.1. The van der Waals surface area contributed by atoms with Crippen molar-refractivity contribution in [2.24, 2.45) is 58.2 Å². The SMILES string of the molecule is CC(C)CCC[C@@H](C)[C@H]1CC[C@H]2[C@@H]3CC=C4C[C@@H](OC(=O)C(Cc5ccccc5)CC(C)C)CC[C@]4(C)[C@H]3CC[C@]12C. The van der Waals surface area contributed by atoms with Gasteiger partial charge in [0.05, 0.1) is 5.92 Å². The van der Waals surface area contributed by atoms with E-state index in [1.54, 1.807) is 5.57 Å². The second-order valence-electron chi connectivity index (χ2n) is 16.6. The lowest BCUT2D eigenvalue weighted by Gasteiger charge is -2.58. The second-order valence-corrected chi connectivity index (χ2v) is 16.6. The fourth-order valence-electron chi connectivity index (χ4n) is 10.7. The molecular weight excluding hydrogens is 512 g/mol. The quantitative estimate of drug-likeness (QED) is 0.194. The van der Waals surface area contributed by atoms with Crippen LogP contribution < -0.4 is 0 Å². The van der Waals surface area contributed by atoms with E-state index in [2.05, 4.69) is 78.8 Å². The summed E-state index contributed by atoms with van der Waals surface area (Å²) in [5, 5.41) is 0. The number of allylic oxidation sites excluding steroid dienone is 1. The zero-order valence-corrected chi connectivity index (χ0v) is 28.2. The highest BCUT2D eigenvalue weighted by molar-refractivity contribution is 5.73. The van der Waals surface area contributed by atoms with Gasteiger partial charge in [0.25, 0.3) is 0 Å². The molecule has 2 nitrogen and oxygen atoms in total. The van der Waals surface area contributed by atoms with Gasteiger partial charge in [0.2, 0.25) is 0 Å². The highest BCUT2D eigenvalue weighted by Gasteiger charge is 2.59. The summed E-state index contributed by atoms with van der Waals surface area (Å²) in [5.74, 6) is 5.64. The highest BCUT2D eigenvalue weighted by atomic mass is 16.5. The minimum absolute atomic E-state index is 0.0309. The molecule has 2 heteroatoms. The van der Waals surface area contributed by atoms with Crippen LogP contribution in [-0.2, 0) is 16.0 Å². The molecule has 234 valence electrons. The maximum absolute atomic E-state index is 13.5. The average Bonchev–Trinajstić information content (AvgIpc) is 3.30. The molecule has 4 aliphatic rings. The smallest absolute Gasteiger partial charge is 0.309 e. The molecule has 0 radical (unpaired) electrons. The summed E-state index contributed by atoms with van der Waals surface area (Å²) in [7, 11) is 0. The number of carbonyl (C=O) groups is 1. The zero-order valence-electron chi connectivity index (χ0n) is 28.2. The minimum atomic E-state index is -0.0514. The molecule has 0 amide bonds. The molecule has 1 unspecified atom stereocenters. The Bertz CT molecular complexity index is 1070. The van der Waals surface area contributed by atoms with E-state index in [1.165, 1.54) is 63.4 Å². The van der Waals surface area contributed by atoms with Gasteiger partial charge >= 0.3 is 5.97 Å². The van der Waals surface area contributed by atoms with Crippen LogP contribution in [0, 0.1) is 58.2 Å². The summed E-state index contributed by atoms with van der Waals surface area (Å²) in [6, 6.07) is 10.5. The number of carbonyl (C=O) groups excluding carboxylic acids is 1. The highest BCUT2D eigenvalue weighted by Crippen LogP contribution is 2.67. The summed E-state index contributed by atoms with van der Waals surface area (Å²) >= 11 is 0. The third kappa shape index (κ3) is 6.58. The van der Waals surface area contributed by atoms with Crippen molar-refractivity contribution in [3.8, 4) is 0 Å². The second kappa shape index (κ2) is 13.2. The van der Waals surface area contributed by atoms with E-state index in [1.807, 2.05) is 6.07 Å². The molecule has 0 aliphatic heterocycles. The first-order valence-electron chi connectivity index (χ1n) is 17.9. The lowest BCUT2D eigenvalue weighted by atomic mass is 9.47. The summed E-state index contributed by atoms with van der Waals surface area (Å²) in [6.07, 6.45) is 18.7. The Morgan fingerprint density at radius 3 is 2.38 bits per heavy atom. The number of hydrogen-bond acceptors (Lipinski definition) is 2. The fourth-order valence-corrected chi connectivity index (χ4v) is 10.7. The lowest BCUT2D eigenvalue weighted by molar-refractivity contribution is -0.157. The van der Waals surface area contributed by atoms with Crippen LogP contribution in [-0.4, -0.2) is 12.1 Å². The lowest BCUT2D eigenvalue weighted by Crippen LogP contribution is -2.51. The average molecular weight is 575 g/mol. The molecule has 0 saturated heterocycles. The molecule has 42 heavy (non-hydrogen) atoms. The van der Waals surface area contributed by atoms with Crippen molar-refractivity contribution < 1.29 is 9.53 Å². The van der Waals surface area contributed by atoms with Gasteiger partial charge in [0, 0.05) is 6.42 Å². The van der Waals surface area contributed by atoms with Gasteiger partial charge in [-0.15, -0.1) is 0 Å². The number of esters is 1. The van der Waals surface area contributed by atoms with Crippen molar-refractivity contribution in [2.45, 2.75) is 138 Å². The maximum Gasteiger partial charge on any atom is 0.309 e. The van der Waals surface area contributed by atoms with Gasteiger partial charge in [-0.3, -0.25) is 4.79 Å². The van der Waals surface area contributed by atoms with Gasteiger partial charge in [-0.2, -0.15) is 0 Å². The minimum Gasteiger partial charge on any atom is -0.462 e. The molecule has 1 aromatic rings. The molecule has 3 fully saturated rings. The van der Waals surface area contributed by atoms with Gasteiger partial charge in [0.1, 0.15) is 6.10 Å². The third-order valence-corrected chi connectivity index (χ3v) is 13.0. The van der Waals surface area contributed by atoms with E-state index in [0.717, 1.165) is 61.2 Å². The molecule has 5 rings (SSSR count). The van der Waals surface area contributed by atoms with Crippen molar-refractivity contribution in [3.05, 3.63) is 47.5 Å². The maximum atomic E-state index is 13.5. The third-order valence-electron chi connectivity index (χ3n) is 13.0. The van der Waals surface area contributed by atoms with Crippen molar-refractivity contribution in [3.63, 3.8) is 0 Å². The monoisotopic (exact) mass is 574 g/mol. The Balaban J connectivity index is 1.23. The van der Waals surface area contributed by atoms with Crippen LogP contribution in [0.4, 0.5) is 0 Å². The first kappa shape index (κ1) is 31.8. The van der Waals surface area contributed by atoms with Crippen molar-refractivity contribution in [1.82, 2.24) is 0 Å². The largest absolute Gasteiger partial charge is 0.462 e. The van der Waals surface area contributed by atoms with Gasteiger partial charge in [-0.1, -0.05) is 110 Å². The van der Waals surface area contributed by atoms with Gasteiger partial charge in [0.15, 0.2) is 0 Å². The topological polar surface area (TPSA) is 26.3 Å². The van der Waals surface area contributed by atoms with Crippen LogP contribution in [0.25, 0.3) is 0 Å². The van der Waals surface area contributed by atoms with Crippen molar-refractivity contribution in [2.75, 3.05) is 0 Å². The summed E-state index contributed by atoms with van der Waals surface area (Å²) in [5.41, 5.74) is 3.70. The molecule has 0 spiro atoms. The number of benzene rings is 1. The predicted molar refractivity (Wildman–Crippen MR) is 176 cm³/mol. The fraction of sp³-hybridized carbons (Fsp3) is 0.775. The normalized spacial score (nSPS) is 35.6. The predicted octanol–water partition coefficient (Wildman–Crippen LogP) is 10.8. The summed E-state index contributed by atoms with van der Waals surface area (Å²) in [6.45, 7) is 17.1. The molecule has 0 bridgehead atoms. The van der Waals surface area contributed by atoms with E-state index in [0.29, 0.717) is 16.7 Å². The Morgan fingerprint density at radius 1 is 0.905 bits per heavy atom. The van der Waals surface area contributed by atoms with Gasteiger partial charge in [-0.05, 0) is 116 Å². The first-order valence-corrected chi connectivity index (χ1v) is 17.9. The summed E-state index contributed by atoms with van der Waals surface area (Å²) in [4.78, 5) is 13.5. The van der Waals surface area contributed by atoms with E-state index in [4.69, 9.17) is 4.74 Å². The van der Waals surface area contributed by atoms with Crippen LogP contribution >= 0.6 is 0 Å². The van der Waals surface area contributed by atoms with Gasteiger partial charge in [-0.25, -0.2) is 0 Å². The Kier molecular flexibility index (Phi) is 10.0. The molecule has 4 aliphatic carbocycles. The van der Waals surface area contributed by atoms with E-state index in [-0.39, 0.29) is 18.0 Å². The van der Waals surface area contributed by atoms with Crippen LogP contribution in [0.3, 0.4) is 0 Å². The Morgan fingerprint density at radius 2 is 1.67 bits per heavy atom. The molecule has 9 atom stereocenters. The Labute approximate surface area is 258 Å². The molecule has 0 heterocycles. The summed E-state index contributed by atoms with van der Waals surface area (Å²) < 4.78 is 6.35. The molecule has 3 saturated carbocycles. The number of hydrogen-bond donors (Lipinski definition) is 0. The molecule has 0 N–H and O–H groups in total. The van der Waals surface area contributed by atoms with Crippen LogP contribution in [0.2, 0.25) is 0 Å². The van der Waals surface area contributed by atoms with E-state index < -0.39 is 0 Å². The number of rotatable bonds is 11. The first-order chi connectivity index (χ1) is 20.0. The number of ether oxygens (including phenoxy) is 1. The molecule has 1 aromatic carbocycles. The molecular formula is C40H62O2. The Hall–Kier alpha value is -1.57. The van der Waals surface area contributed by atoms with Crippen LogP contribution in [0.5, 0.6) is 0 Å². The standard InChI is InChI=1S/C40H62O2/c1-27(2)12-11-13-29(5)35-18-19-36-34-17-16-32-26-33(20-22-39(32,6)37(34)21-23-40(35,36)7)42-38(41)31(24-28(3)4)25-30-14-9-8-10-15-30/h8-10,14-16,27-29,31,33-37H,11-13,17-26H2,1-7H3/t29-,31?,33+,34+,35-,36+,37+,39+,40-/m1/s1. The molecule has 0 aromatic heterocycles. The van der Waals surface area contributed by atoms with E-state index in [9.17, 15) is 4.79 Å². The van der Waals surface area contributed by atoms with Crippen LogP contribution in [0.15, 0.2) is 42.0 Å². The van der Waals surface area contributed by atoms with Gasteiger partial charge < -0.3 is 4.74 Å². The van der Waals surface area contributed by atoms with Crippen molar-refractivity contribution in [1.29, 1.82) is 0 Å².